The molecular formula is C20H16O2S2. The molecule has 0 spiro atoms. The second-order valence-corrected chi connectivity index (χ2v) is 6.96. The fraction of sp³-hybridized carbons (Fsp3) is 0.100. The van der Waals surface area contributed by atoms with E-state index < -0.39 is 0 Å². The van der Waals surface area contributed by atoms with Crippen LogP contribution in [0.5, 0.6) is 11.5 Å². The molecule has 0 aliphatic rings. The average Bonchev–Trinajstić information content (AvgIpc) is 3.33. The Hall–Kier alpha value is -2.30. The summed E-state index contributed by atoms with van der Waals surface area (Å²) in [5, 5.41) is 10.9. The summed E-state index contributed by atoms with van der Waals surface area (Å²) >= 11 is 3.39. The van der Waals surface area contributed by atoms with Gasteiger partial charge in [-0.05, 0) is 79.8 Å². The van der Waals surface area contributed by atoms with Gasteiger partial charge >= 0.3 is 0 Å². The van der Waals surface area contributed by atoms with Crippen molar-refractivity contribution in [1.29, 1.82) is 0 Å². The van der Waals surface area contributed by atoms with E-state index in [0.717, 1.165) is 22.6 Å². The molecule has 2 nitrogen and oxygen atoms in total. The van der Waals surface area contributed by atoms with E-state index in [1.807, 2.05) is 12.1 Å². The molecule has 0 amide bonds. The smallest absolute Gasteiger partial charge is 0.127 e. The first-order chi connectivity index (χ1) is 11.8. The second-order valence-electron chi connectivity index (χ2n) is 5.40. The Balaban J connectivity index is 2.11. The van der Waals surface area contributed by atoms with Gasteiger partial charge in [0.2, 0.25) is 0 Å². The molecule has 2 aromatic heterocycles. The molecule has 0 unspecified atom stereocenters. The monoisotopic (exact) mass is 352 g/mol. The van der Waals surface area contributed by atoms with E-state index in [4.69, 9.17) is 9.47 Å². The molecule has 0 aliphatic heterocycles. The maximum absolute atomic E-state index is 5.64. The van der Waals surface area contributed by atoms with Crippen molar-refractivity contribution < 1.29 is 9.47 Å². The Bertz CT molecular complexity index is 889. The van der Waals surface area contributed by atoms with Crippen LogP contribution in [0.4, 0.5) is 0 Å². The lowest BCUT2D eigenvalue weighted by molar-refractivity contribution is 0.416. The molecule has 4 aromatic rings. The third kappa shape index (κ3) is 2.39. The van der Waals surface area contributed by atoms with Gasteiger partial charge in [0.1, 0.15) is 11.5 Å². The first-order valence-corrected chi connectivity index (χ1v) is 9.45. The fourth-order valence-corrected chi connectivity index (χ4v) is 4.41. The van der Waals surface area contributed by atoms with Crippen molar-refractivity contribution in [1.82, 2.24) is 0 Å². The Morgan fingerprint density at radius 3 is 1.42 bits per heavy atom. The lowest BCUT2D eigenvalue weighted by Gasteiger charge is -2.16. The largest absolute Gasteiger partial charge is 0.496 e. The van der Waals surface area contributed by atoms with Gasteiger partial charge in [0.15, 0.2) is 0 Å². The predicted molar refractivity (Wildman–Crippen MR) is 104 cm³/mol. The molecule has 0 saturated heterocycles. The van der Waals surface area contributed by atoms with E-state index in [2.05, 4.69) is 45.8 Å². The molecule has 4 heteroatoms. The molecule has 2 heterocycles. The Morgan fingerprint density at radius 2 is 1.08 bits per heavy atom. The van der Waals surface area contributed by atoms with Crippen molar-refractivity contribution in [3.8, 4) is 33.8 Å². The van der Waals surface area contributed by atoms with Gasteiger partial charge < -0.3 is 9.47 Å². The van der Waals surface area contributed by atoms with Gasteiger partial charge in [0.25, 0.3) is 0 Å². The molecular weight excluding hydrogens is 336 g/mol. The third-order valence-corrected chi connectivity index (χ3v) is 5.55. The van der Waals surface area contributed by atoms with E-state index in [-0.39, 0.29) is 0 Å². The van der Waals surface area contributed by atoms with Crippen LogP contribution in [0.1, 0.15) is 0 Å². The molecule has 2 aromatic carbocycles. The van der Waals surface area contributed by atoms with Crippen molar-refractivity contribution in [3.63, 3.8) is 0 Å². The molecule has 120 valence electrons. The minimum atomic E-state index is 0.891. The first kappa shape index (κ1) is 15.2. The van der Waals surface area contributed by atoms with Crippen LogP contribution >= 0.6 is 22.7 Å². The molecule has 0 aliphatic carbocycles. The minimum Gasteiger partial charge on any atom is -0.496 e. The van der Waals surface area contributed by atoms with Crippen LogP contribution in [0, 0.1) is 0 Å². The highest BCUT2D eigenvalue weighted by Crippen LogP contribution is 2.44. The van der Waals surface area contributed by atoms with E-state index >= 15 is 0 Å². The number of benzene rings is 2. The number of hydrogen-bond donors (Lipinski definition) is 0. The van der Waals surface area contributed by atoms with Gasteiger partial charge in [-0.15, -0.1) is 0 Å². The Labute approximate surface area is 148 Å². The van der Waals surface area contributed by atoms with Gasteiger partial charge in [0.05, 0.1) is 14.2 Å². The highest BCUT2D eigenvalue weighted by molar-refractivity contribution is 7.08. The topological polar surface area (TPSA) is 18.5 Å². The average molecular weight is 352 g/mol. The number of methoxy groups -OCH3 is 2. The summed E-state index contributed by atoms with van der Waals surface area (Å²) < 4.78 is 11.3. The molecule has 0 bridgehead atoms. The van der Waals surface area contributed by atoms with Crippen molar-refractivity contribution in [2.45, 2.75) is 0 Å². The zero-order valence-electron chi connectivity index (χ0n) is 13.4. The number of rotatable bonds is 4. The quantitative estimate of drug-likeness (QED) is 0.428. The lowest BCUT2D eigenvalue weighted by atomic mass is 9.93. The van der Waals surface area contributed by atoms with Crippen molar-refractivity contribution in [2.75, 3.05) is 14.2 Å². The van der Waals surface area contributed by atoms with Gasteiger partial charge in [0, 0.05) is 11.1 Å². The van der Waals surface area contributed by atoms with Crippen LogP contribution in [0.3, 0.4) is 0 Å². The number of thiophene rings is 2. The third-order valence-electron chi connectivity index (χ3n) is 4.18. The molecule has 0 fully saturated rings. The van der Waals surface area contributed by atoms with Crippen molar-refractivity contribution in [2.24, 2.45) is 0 Å². The first-order valence-electron chi connectivity index (χ1n) is 7.56. The summed E-state index contributed by atoms with van der Waals surface area (Å²) in [4.78, 5) is 0. The molecule has 0 radical (unpaired) electrons. The lowest BCUT2D eigenvalue weighted by Crippen LogP contribution is -1.93. The van der Waals surface area contributed by atoms with Crippen LogP contribution < -0.4 is 9.47 Å². The van der Waals surface area contributed by atoms with Gasteiger partial charge in [-0.25, -0.2) is 0 Å². The standard InChI is InChI=1S/C20H16O2S2/c1-21-17-5-3-16-15(19(17)13-7-9-23-11-13)4-6-18(22-2)20(16)14-8-10-24-12-14/h3-12H,1-2H3. The van der Waals surface area contributed by atoms with E-state index in [0.29, 0.717) is 0 Å². The predicted octanol–water partition coefficient (Wildman–Crippen LogP) is 6.31. The zero-order chi connectivity index (χ0) is 16.5. The van der Waals surface area contributed by atoms with E-state index in [1.165, 1.54) is 21.9 Å². The zero-order valence-corrected chi connectivity index (χ0v) is 15.0. The number of ether oxygens (including phenoxy) is 2. The Kier molecular flexibility index (Phi) is 4.00. The highest BCUT2D eigenvalue weighted by atomic mass is 32.1. The summed E-state index contributed by atoms with van der Waals surface area (Å²) in [5.74, 6) is 1.78. The summed E-state index contributed by atoms with van der Waals surface area (Å²) in [6.07, 6.45) is 0. The van der Waals surface area contributed by atoms with Crippen LogP contribution in [0.15, 0.2) is 57.9 Å². The minimum absolute atomic E-state index is 0.891. The molecule has 24 heavy (non-hydrogen) atoms. The highest BCUT2D eigenvalue weighted by Gasteiger charge is 2.17. The number of fused-ring (bicyclic) bond motifs is 1. The van der Waals surface area contributed by atoms with Crippen LogP contribution in [0.25, 0.3) is 33.0 Å². The van der Waals surface area contributed by atoms with Gasteiger partial charge in [-0.1, -0.05) is 0 Å². The summed E-state index contributed by atoms with van der Waals surface area (Å²) in [6, 6.07) is 12.6. The van der Waals surface area contributed by atoms with Crippen LogP contribution in [0.2, 0.25) is 0 Å². The van der Waals surface area contributed by atoms with E-state index in [1.54, 1.807) is 36.9 Å². The maximum atomic E-state index is 5.64. The molecule has 0 atom stereocenters. The summed E-state index contributed by atoms with van der Waals surface area (Å²) in [6.45, 7) is 0. The normalized spacial score (nSPS) is 10.9. The molecule has 0 saturated carbocycles. The SMILES string of the molecule is COc1ccc2c(-c3ccsc3)c(OC)ccc2c1-c1ccsc1. The maximum Gasteiger partial charge on any atom is 0.127 e. The van der Waals surface area contributed by atoms with E-state index in [9.17, 15) is 0 Å². The Morgan fingerprint density at radius 1 is 0.625 bits per heavy atom. The summed E-state index contributed by atoms with van der Waals surface area (Å²) in [5.41, 5.74) is 4.64. The summed E-state index contributed by atoms with van der Waals surface area (Å²) in [7, 11) is 3.45. The second kappa shape index (κ2) is 6.30. The van der Waals surface area contributed by atoms with Crippen molar-refractivity contribution >= 4 is 33.4 Å². The van der Waals surface area contributed by atoms with Gasteiger partial charge in [-0.2, -0.15) is 22.7 Å². The van der Waals surface area contributed by atoms with Crippen molar-refractivity contribution in [3.05, 3.63) is 57.9 Å². The number of hydrogen-bond acceptors (Lipinski definition) is 4. The molecule has 4 rings (SSSR count). The van der Waals surface area contributed by atoms with Gasteiger partial charge in [-0.3, -0.25) is 0 Å². The van der Waals surface area contributed by atoms with Crippen LogP contribution in [-0.2, 0) is 0 Å². The van der Waals surface area contributed by atoms with Crippen LogP contribution in [-0.4, -0.2) is 14.2 Å². The molecule has 0 N–H and O–H groups in total. The fourth-order valence-electron chi connectivity index (χ4n) is 3.11.